The van der Waals surface area contributed by atoms with E-state index in [1.165, 1.54) is 0 Å². The van der Waals surface area contributed by atoms with Crippen LogP contribution < -0.4 is 0 Å². The largest absolute Gasteiger partial charge is 0.391 e. The number of aliphatic hydroxyl groups is 2. The molecule has 4 atom stereocenters. The van der Waals surface area contributed by atoms with E-state index < -0.39 is 17.6 Å². The van der Waals surface area contributed by atoms with Gasteiger partial charge in [0, 0.05) is 33.2 Å². The second-order valence-electron chi connectivity index (χ2n) is 9.06. The minimum atomic E-state index is -0.781. The van der Waals surface area contributed by atoms with Crippen molar-refractivity contribution in [2.45, 2.75) is 65.1 Å². The molecule has 3 rings (SSSR count). The Morgan fingerprint density at radius 3 is 2.71 bits per heavy atom. The fourth-order valence-corrected chi connectivity index (χ4v) is 5.96. The maximum atomic E-state index is 12.9. The number of fused-ring (bicyclic) bond motifs is 1. The summed E-state index contributed by atoms with van der Waals surface area (Å²) in [6.45, 7) is 5.79. The monoisotopic (exact) mass is 460 g/mol. The van der Waals surface area contributed by atoms with E-state index in [2.05, 4.69) is 19.1 Å². The van der Waals surface area contributed by atoms with Crippen molar-refractivity contribution < 1.29 is 15.0 Å². The first-order valence-corrected chi connectivity index (χ1v) is 12.4. The predicted octanol–water partition coefficient (Wildman–Crippen LogP) is 6.35. The molecule has 1 heterocycles. The normalized spacial score (nSPS) is 24.7. The van der Waals surface area contributed by atoms with Gasteiger partial charge in [-0.1, -0.05) is 87.7 Å². The van der Waals surface area contributed by atoms with Crippen LogP contribution in [0.1, 0.15) is 51.3 Å². The van der Waals surface area contributed by atoms with Crippen LogP contribution in [0.15, 0.2) is 48.6 Å². The molecule has 0 aliphatic heterocycles. The number of ketones is 1. The molecule has 2 N–H and O–H groups in total. The molecule has 1 fully saturated rings. The van der Waals surface area contributed by atoms with Gasteiger partial charge in [0.2, 0.25) is 0 Å². The summed E-state index contributed by atoms with van der Waals surface area (Å²) in [5.41, 5.74) is -0.781. The number of rotatable bonds is 9. The second-order valence-corrected chi connectivity index (χ2v) is 10.6. The van der Waals surface area contributed by atoms with Gasteiger partial charge in [-0.25, -0.2) is 0 Å². The third-order valence-corrected chi connectivity index (χ3v) is 8.11. The first kappa shape index (κ1) is 24.2. The van der Waals surface area contributed by atoms with E-state index in [9.17, 15) is 15.0 Å². The van der Waals surface area contributed by atoms with E-state index in [4.69, 9.17) is 11.6 Å². The molecule has 1 saturated carbocycles. The van der Waals surface area contributed by atoms with Crippen molar-refractivity contribution in [1.82, 2.24) is 0 Å². The number of thiophene rings is 1. The van der Waals surface area contributed by atoms with Gasteiger partial charge in [-0.05, 0) is 18.9 Å². The van der Waals surface area contributed by atoms with Crippen LogP contribution in [-0.2, 0) is 11.2 Å². The summed E-state index contributed by atoms with van der Waals surface area (Å²) in [5.74, 6) is -0.470. The Morgan fingerprint density at radius 2 is 2.00 bits per heavy atom. The lowest BCUT2D eigenvalue weighted by atomic mass is 9.86. The zero-order chi connectivity index (χ0) is 22.6. The highest BCUT2D eigenvalue weighted by Crippen LogP contribution is 2.45. The molecular weight excluding hydrogens is 428 g/mol. The number of hydrogen-bond donors (Lipinski definition) is 2. The molecule has 0 bridgehead atoms. The van der Waals surface area contributed by atoms with Crippen LogP contribution in [0.4, 0.5) is 0 Å². The SMILES string of the molecule is CCCC/C=C\C[C@H]1C(=O)C(C)(C)[C@@H](O)[C@@H]1/C=C/C(O)Cc1sc2ccccc2c1Cl. The number of aliphatic hydroxyl groups excluding tert-OH is 2. The van der Waals surface area contributed by atoms with Crippen molar-refractivity contribution in [3.05, 3.63) is 58.5 Å². The minimum absolute atomic E-state index is 0.0943. The quantitative estimate of drug-likeness (QED) is 0.338. The standard InChI is InChI=1S/C26H33ClO3S/c1-4-5-6-7-8-11-18-19(25(30)26(2,3)24(18)29)15-14-17(28)16-22-23(27)20-12-9-10-13-21(20)31-22/h7-10,12-15,17-19,25,28,30H,4-6,11,16H2,1-3H3/b8-7-,15-14+/t17?,18-,19-,25+/m1/s1. The number of halogens is 1. The first-order chi connectivity index (χ1) is 14.8. The van der Waals surface area contributed by atoms with Gasteiger partial charge >= 0.3 is 0 Å². The number of carbonyl (C=O) groups is 1. The number of Topliss-reactive ketones (excluding diaryl/α,β-unsaturated/α-hetero) is 1. The third kappa shape index (κ3) is 5.31. The first-order valence-electron chi connectivity index (χ1n) is 11.2. The Bertz CT molecular complexity index is 959. The fraction of sp³-hybridized carbons (Fsp3) is 0.500. The predicted molar refractivity (Wildman–Crippen MR) is 131 cm³/mol. The number of hydrogen-bond acceptors (Lipinski definition) is 4. The molecular formula is C26H33ClO3S. The summed E-state index contributed by atoms with van der Waals surface area (Å²) < 4.78 is 1.10. The second kappa shape index (κ2) is 10.4. The van der Waals surface area contributed by atoms with Gasteiger partial charge in [-0.15, -0.1) is 11.3 Å². The molecule has 0 spiro atoms. The van der Waals surface area contributed by atoms with E-state index >= 15 is 0 Å². The van der Waals surface area contributed by atoms with Crippen LogP contribution in [0, 0.1) is 17.3 Å². The number of allylic oxidation sites excluding steroid dienone is 2. The van der Waals surface area contributed by atoms with Crippen LogP contribution in [0.5, 0.6) is 0 Å². The minimum Gasteiger partial charge on any atom is -0.391 e. The molecule has 5 heteroatoms. The maximum absolute atomic E-state index is 12.9. The van der Waals surface area contributed by atoms with Crippen LogP contribution in [-0.4, -0.2) is 28.2 Å². The molecule has 0 amide bonds. The average molecular weight is 461 g/mol. The summed E-state index contributed by atoms with van der Waals surface area (Å²) >= 11 is 8.10. The molecule has 1 aliphatic carbocycles. The van der Waals surface area contributed by atoms with E-state index in [-0.39, 0.29) is 17.6 Å². The highest BCUT2D eigenvalue weighted by Gasteiger charge is 2.52. The Kier molecular flexibility index (Phi) is 8.14. The Morgan fingerprint density at radius 1 is 1.26 bits per heavy atom. The molecule has 2 aromatic rings. The summed E-state index contributed by atoms with van der Waals surface area (Å²) in [7, 11) is 0. The van der Waals surface area contributed by atoms with Crippen molar-refractivity contribution in [1.29, 1.82) is 0 Å². The summed E-state index contributed by atoms with van der Waals surface area (Å²) in [5, 5.41) is 23.2. The Hall–Kier alpha value is -1.46. The Balaban J connectivity index is 1.71. The van der Waals surface area contributed by atoms with Crippen LogP contribution in [0.2, 0.25) is 5.02 Å². The molecule has 1 unspecified atom stereocenters. The molecule has 1 aromatic carbocycles. The molecule has 0 saturated heterocycles. The van der Waals surface area contributed by atoms with E-state index in [0.29, 0.717) is 17.9 Å². The Labute approximate surface area is 194 Å². The highest BCUT2D eigenvalue weighted by atomic mass is 35.5. The average Bonchev–Trinajstić information content (AvgIpc) is 3.13. The molecule has 0 radical (unpaired) electrons. The van der Waals surface area contributed by atoms with Gasteiger partial charge in [-0.2, -0.15) is 0 Å². The van der Waals surface area contributed by atoms with Gasteiger partial charge < -0.3 is 10.2 Å². The van der Waals surface area contributed by atoms with Crippen LogP contribution in [0.25, 0.3) is 10.1 Å². The molecule has 1 aromatic heterocycles. The van der Waals surface area contributed by atoms with Crippen LogP contribution >= 0.6 is 22.9 Å². The molecule has 31 heavy (non-hydrogen) atoms. The number of carbonyl (C=O) groups excluding carboxylic acids is 1. The lowest BCUT2D eigenvalue weighted by molar-refractivity contribution is -0.129. The highest BCUT2D eigenvalue weighted by molar-refractivity contribution is 7.19. The van der Waals surface area contributed by atoms with Crippen molar-refractivity contribution >= 4 is 38.8 Å². The molecule has 168 valence electrons. The summed E-state index contributed by atoms with van der Waals surface area (Å²) in [4.78, 5) is 13.9. The number of benzene rings is 1. The van der Waals surface area contributed by atoms with Gasteiger partial charge in [0.25, 0.3) is 0 Å². The van der Waals surface area contributed by atoms with Crippen molar-refractivity contribution in [3.63, 3.8) is 0 Å². The van der Waals surface area contributed by atoms with Gasteiger partial charge in [-0.3, -0.25) is 4.79 Å². The topological polar surface area (TPSA) is 57.5 Å². The van der Waals surface area contributed by atoms with Gasteiger partial charge in [0.1, 0.15) is 5.78 Å². The summed E-state index contributed by atoms with van der Waals surface area (Å²) in [6, 6.07) is 7.95. The van der Waals surface area contributed by atoms with E-state index in [1.807, 2.05) is 44.2 Å². The summed E-state index contributed by atoms with van der Waals surface area (Å²) in [6.07, 6.45) is 10.6. The molecule has 1 aliphatic rings. The smallest absolute Gasteiger partial charge is 0.145 e. The lowest BCUT2D eigenvalue weighted by Gasteiger charge is -2.22. The van der Waals surface area contributed by atoms with Gasteiger partial charge in [0.15, 0.2) is 0 Å². The molecule has 3 nitrogen and oxygen atoms in total. The zero-order valence-corrected chi connectivity index (χ0v) is 20.1. The number of unbranched alkanes of at least 4 members (excludes halogenated alkanes) is 2. The van der Waals surface area contributed by atoms with Gasteiger partial charge in [0.05, 0.1) is 22.6 Å². The maximum Gasteiger partial charge on any atom is 0.145 e. The van der Waals surface area contributed by atoms with E-state index in [1.54, 1.807) is 17.4 Å². The fourth-order valence-electron chi connectivity index (χ4n) is 4.40. The van der Waals surface area contributed by atoms with Crippen molar-refractivity contribution in [2.75, 3.05) is 0 Å². The van der Waals surface area contributed by atoms with E-state index in [0.717, 1.165) is 34.2 Å². The van der Waals surface area contributed by atoms with Crippen molar-refractivity contribution in [3.8, 4) is 0 Å². The zero-order valence-electron chi connectivity index (χ0n) is 18.6. The van der Waals surface area contributed by atoms with Crippen LogP contribution in [0.3, 0.4) is 0 Å². The third-order valence-electron chi connectivity index (χ3n) is 6.37. The lowest BCUT2D eigenvalue weighted by Crippen LogP contribution is -2.31. The van der Waals surface area contributed by atoms with Crippen molar-refractivity contribution in [2.24, 2.45) is 17.3 Å².